The van der Waals surface area contributed by atoms with Gasteiger partial charge >= 0.3 is 0 Å². The number of hydrogen-bond donors (Lipinski definition) is 0. The fourth-order valence-corrected chi connectivity index (χ4v) is 4.73. The van der Waals surface area contributed by atoms with Crippen molar-refractivity contribution in [3.63, 3.8) is 0 Å². The van der Waals surface area contributed by atoms with Crippen LogP contribution in [0.5, 0.6) is 0 Å². The van der Waals surface area contributed by atoms with E-state index in [1.807, 2.05) is 47.3 Å². The Morgan fingerprint density at radius 2 is 1.58 bits per heavy atom. The van der Waals surface area contributed by atoms with Gasteiger partial charge in [0.15, 0.2) is 0 Å². The molecular formula is C26H35N3O2. The van der Waals surface area contributed by atoms with Gasteiger partial charge in [-0.3, -0.25) is 9.59 Å². The lowest BCUT2D eigenvalue weighted by atomic mass is 9.93. The lowest BCUT2D eigenvalue weighted by molar-refractivity contribution is -0.143. The van der Waals surface area contributed by atoms with E-state index in [-0.39, 0.29) is 24.4 Å². The molecule has 31 heavy (non-hydrogen) atoms. The minimum atomic E-state index is 0.0994. The van der Waals surface area contributed by atoms with Gasteiger partial charge in [0.05, 0.1) is 6.54 Å². The molecule has 0 bridgehead atoms. The van der Waals surface area contributed by atoms with Crippen LogP contribution in [0.3, 0.4) is 0 Å². The normalized spacial score (nSPS) is 16.8. The number of carbonyl (C=O) groups excluding carboxylic acids is 2. The maximum absolute atomic E-state index is 13.4. The van der Waals surface area contributed by atoms with Gasteiger partial charge in [0, 0.05) is 37.4 Å². The molecule has 5 heteroatoms. The van der Waals surface area contributed by atoms with Crippen LogP contribution in [0.4, 0.5) is 0 Å². The van der Waals surface area contributed by atoms with E-state index in [2.05, 4.69) is 22.8 Å². The third-order valence-corrected chi connectivity index (χ3v) is 6.80. The highest BCUT2D eigenvalue weighted by atomic mass is 16.2. The van der Waals surface area contributed by atoms with E-state index >= 15 is 0 Å². The fraction of sp³-hybridized carbons (Fsp3) is 0.538. The topological polar surface area (TPSA) is 45.6 Å². The molecule has 0 atom stereocenters. The summed E-state index contributed by atoms with van der Waals surface area (Å²) in [5.74, 6) is 0.223. The van der Waals surface area contributed by atoms with Gasteiger partial charge in [-0.1, -0.05) is 49.6 Å². The summed E-state index contributed by atoms with van der Waals surface area (Å²) >= 11 is 0. The molecule has 166 valence electrons. The van der Waals surface area contributed by atoms with Crippen LogP contribution in [0.25, 0.3) is 0 Å². The van der Waals surface area contributed by atoms with Gasteiger partial charge in [0.2, 0.25) is 11.8 Å². The Bertz CT molecular complexity index is 866. The van der Waals surface area contributed by atoms with Gasteiger partial charge in [0.25, 0.3) is 0 Å². The molecule has 0 unspecified atom stereocenters. The zero-order chi connectivity index (χ0) is 21.6. The van der Waals surface area contributed by atoms with Crippen LogP contribution in [0.1, 0.15) is 62.6 Å². The lowest BCUT2D eigenvalue weighted by Crippen LogP contribution is -2.48. The van der Waals surface area contributed by atoms with Crippen LogP contribution in [0.2, 0.25) is 0 Å². The number of nitrogens with zero attached hydrogens (tertiary/aromatic N) is 3. The van der Waals surface area contributed by atoms with Gasteiger partial charge in [-0.05, 0) is 49.8 Å². The molecule has 2 aromatic rings. The molecule has 2 aliphatic rings. The molecule has 0 radical (unpaired) electrons. The van der Waals surface area contributed by atoms with Crippen molar-refractivity contribution in [3.05, 3.63) is 59.9 Å². The van der Waals surface area contributed by atoms with Crippen molar-refractivity contribution in [1.29, 1.82) is 0 Å². The van der Waals surface area contributed by atoms with E-state index in [1.165, 1.54) is 12.0 Å². The van der Waals surface area contributed by atoms with Crippen LogP contribution < -0.4 is 0 Å². The third-order valence-electron chi connectivity index (χ3n) is 6.80. The summed E-state index contributed by atoms with van der Waals surface area (Å²) < 4.78 is 2.08. The zero-order valence-electron chi connectivity index (χ0n) is 18.7. The Labute approximate surface area is 186 Å². The molecule has 0 aliphatic heterocycles. The average Bonchev–Trinajstić information content (AvgIpc) is 3.56. The van der Waals surface area contributed by atoms with E-state index in [0.717, 1.165) is 50.6 Å². The van der Waals surface area contributed by atoms with Crippen LogP contribution in [-0.4, -0.2) is 44.8 Å². The van der Waals surface area contributed by atoms with Crippen molar-refractivity contribution < 1.29 is 9.59 Å². The second-order valence-electron chi connectivity index (χ2n) is 9.16. The summed E-state index contributed by atoms with van der Waals surface area (Å²) in [6, 6.07) is 14.8. The zero-order valence-corrected chi connectivity index (χ0v) is 18.7. The van der Waals surface area contributed by atoms with Crippen LogP contribution in [0.15, 0.2) is 48.7 Å². The molecule has 2 fully saturated rings. The van der Waals surface area contributed by atoms with Crippen LogP contribution >= 0.6 is 0 Å². The van der Waals surface area contributed by atoms with Crippen LogP contribution in [-0.2, 0) is 29.6 Å². The summed E-state index contributed by atoms with van der Waals surface area (Å²) in [6.45, 7) is 0.850. The second-order valence-corrected chi connectivity index (χ2v) is 9.16. The Kier molecular flexibility index (Phi) is 7.10. The number of benzene rings is 1. The monoisotopic (exact) mass is 421 g/mol. The largest absolute Gasteiger partial charge is 0.353 e. The summed E-state index contributed by atoms with van der Waals surface area (Å²) in [4.78, 5) is 30.6. The van der Waals surface area contributed by atoms with E-state index in [0.29, 0.717) is 19.0 Å². The maximum Gasteiger partial charge on any atom is 0.242 e. The molecule has 5 nitrogen and oxygen atoms in total. The summed E-state index contributed by atoms with van der Waals surface area (Å²) in [5.41, 5.74) is 2.31. The number of rotatable bonds is 9. The van der Waals surface area contributed by atoms with E-state index < -0.39 is 0 Å². The summed E-state index contributed by atoms with van der Waals surface area (Å²) in [7, 11) is 2.02. The van der Waals surface area contributed by atoms with Crippen molar-refractivity contribution in [3.8, 4) is 0 Å². The van der Waals surface area contributed by atoms with Crippen molar-refractivity contribution >= 4 is 11.8 Å². The van der Waals surface area contributed by atoms with Gasteiger partial charge < -0.3 is 14.4 Å². The van der Waals surface area contributed by atoms with E-state index in [9.17, 15) is 9.59 Å². The predicted molar refractivity (Wildman–Crippen MR) is 122 cm³/mol. The molecule has 0 N–H and O–H groups in total. The number of amides is 2. The minimum absolute atomic E-state index is 0.0994. The first-order chi connectivity index (χ1) is 15.1. The second kappa shape index (κ2) is 10.2. The first-order valence-electron chi connectivity index (χ1n) is 11.8. The molecule has 1 aromatic carbocycles. The van der Waals surface area contributed by atoms with Crippen LogP contribution in [0, 0.1) is 0 Å². The molecule has 2 amide bonds. The lowest BCUT2D eigenvalue weighted by Gasteiger charge is -2.35. The predicted octanol–water partition coefficient (Wildman–Crippen LogP) is 4.31. The first kappa shape index (κ1) is 21.7. The molecule has 0 saturated heterocycles. The minimum Gasteiger partial charge on any atom is -0.353 e. The van der Waals surface area contributed by atoms with Crippen molar-refractivity contribution in [1.82, 2.24) is 14.4 Å². The highest BCUT2D eigenvalue weighted by molar-refractivity contribution is 5.85. The average molecular weight is 422 g/mol. The molecule has 0 spiro atoms. The highest BCUT2D eigenvalue weighted by Gasteiger charge is 2.35. The van der Waals surface area contributed by atoms with E-state index in [1.54, 1.807) is 0 Å². The van der Waals surface area contributed by atoms with Gasteiger partial charge in [-0.2, -0.15) is 0 Å². The van der Waals surface area contributed by atoms with E-state index in [4.69, 9.17) is 0 Å². The molecule has 2 saturated carbocycles. The number of aromatic nitrogens is 1. The fourth-order valence-electron chi connectivity index (χ4n) is 4.73. The van der Waals surface area contributed by atoms with Crippen molar-refractivity contribution in [2.45, 2.75) is 76.4 Å². The Morgan fingerprint density at radius 1 is 0.871 bits per heavy atom. The van der Waals surface area contributed by atoms with Gasteiger partial charge in [0.1, 0.15) is 6.54 Å². The van der Waals surface area contributed by atoms with Crippen molar-refractivity contribution in [2.75, 3.05) is 6.54 Å². The Morgan fingerprint density at radius 3 is 2.23 bits per heavy atom. The maximum atomic E-state index is 13.4. The molecular weight excluding hydrogens is 386 g/mol. The highest BCUT2D eigenvalue weighted by Crippen LogP contribution is 2.30. The molecule has 4 rings (SSSR count). The quantitative estimate of drug-likeness (QED) is 0.606. The Balaban J connectivity index is 1.44. The molecule has 1 heterocycles. The molecule has 2 aliphatic carbocycles. The van der Waals surface area contributed by atoms with Gasteiger partial charge in [-0.25, -0.2) is 0 Å². The SMILES string of the molecule is Cn1cccc1CN(C(=O)CN(C(=O)CCc1ccccc1)C1CCCCC1)C1CC1. The first-order valence-corrected chi connectivity index (χ1v) is 11.8. The number of hydrogen-bond acceptors (Lipinski definition) is 2. The Hall–Kier alpha value is -2.56. The van der Waals surface area contributed by atoms with Crippen molar-refractivity contribution in [2.24, 2.45) is 7.05 Å². The summed E-state index contributed by atoms with van der Waals surface area (Å²) in [6.07, 6.45) is 10.9. The summed E-state index contributed by atoms with van der Waals surface area (Å²) in [5, 5.41) is 0. The molecule has 1 aromatic heterocycles. The van der Waals surface area contributed by atoms with Gasteiger partial charge in [-0.15, -0.1) is 0 Å². The number of carbonyl (C=O) groups is 2. The third kappa shape index (κ3) is 5.78. The smallest absolute Gasteiger partial charge is 0.242 e. The number of aryl methyl sites for hydroxylation is 2. The standard InChI is InChI=1S/C26H35N3O2/c1-27-18-8-13-24(27)19-28(23-15-16-23)26(31)20-29(22-11-6-3-7-12-22)25(30)17-14-21-9-4-2-5-10-21/h2,4-5,8-10,13,18,22-23H,3,6-7,11-12,14-17,19-20H2,1H3.